The number of aryl methyl sites for hydroxylation is 1. The first-order valence-electron chi connectivity index (χ1n) is 7.91. The Morgan fingerprint density at radius 2 is 2.00 bits per heavy atom. The van der Waals surface area contributed by atoms with E-state index in [4.69, 9.17) is 0 Å². The van der Waals surface area contributed by atoms with Gasteiger partial charge < -0.3 is 10.2 Å². The molecule has 7 heteroatoms. The van der Waals surface area contributed by atoms with Crippen molar-refractivity contribution in [1.29, 1.82) is 0 Å². The zero-order chi connectivity index (χ0) is 16.6. The normalized spacial score (nSPS) is 21.8. The fraction of sp³-hybridized carbons (Fsp3) is 0.562. The maximum absolute atomic E-state index is 12.0. The molecule has 0 bridgehead atoms. The number of pyridine rings is 1. The average molecular weight is 380 g/mol. The lowest BCUT2D eigenvalue weighted by molar-refractivity contribution is 0.221. The molecule has 1 aliphatic carbocycles. The molecule has 23 heavy (non-hydrogen) atoms. The van der Waals surface area contributed by atoms with E-state index in [9.17, 15) is 4.79 Å². The SMILES string of the molecule is CN(C)C1CCC(Nc2ncc3cc(Br)c(=O)n(C)c3n2)CC1. The number of nitrogens with one attached hydrogen (secondary N) is 1. The number of hydrogen-bond acceptors (Lipinski definition) is 5. The number of rotatable bonds is 3. The van der Waals surface area contributed by atoms with Crippen molar-refractivity contribution in [3.63, 3.8) is 0 Å². The third kappa shape index (κ3) is 3.40. The van der Waals surface area contributed by atoms with Crippen LogP contribution in [0.3, 0.4) is 0 Å². The van der Waals surface area contributed by atoms with Crippen LogP contribution in [-0.4, -0.2) is 45.6 Å². The molecule has 0 spiro atoms. The minimum atomic E-state index is -0.0892. The molecule has 0 amide bonds. The first-order valence-corrected chi connectivity index (χ1v) is 8.70. The zero-order valence-corrected chi connectivity index (χ0v) is 15.3. The van der Waals surface area contributed by atoms with Crippen LogP contribution < -0.4 is 10.9 Å². The Balaban J connectivity index is 1.78. The van der Waals surface area contributed by atoms with Crippen LogP contribution >= 0.6 is 15.9 Å². The highest BCUT2D eigenvalue weighted by Gasteiger charge is 2.22. The van der Waals surface area contributed by atoms with E-state index < -0.39 is 0 Å². The largest absolute Gasteiger partial charge is 0.351 e. The highest BCUT2D eigenvalue weighted by atomic mass is 79.9. The third-order valence-corrected chi connectivity index (χ3v) is 5.23. The number of anilines is 1. The Kier molecular flexibility index (Phi) is 4.68. The Bertz CT molecular complexity index is 765. The van der Waals surface area contributed by atoms with Gasteiger partial charge in [-0.05, 0) is 61.8 Å². The summed E-state index contributed by atoms with van der Waals surface area (Å²) >= 11 is 3.27. The fourth-order valence-electron chi connectivity index (χ4n) is 3.20. The van der Waals surface area contributed by atoms with Crippen molar-refractivity contribution in [2.24, 2.45) is 7.05 Å². The van der Waals surface area contributed by atoms with E-state index in [1.165, 1.54) is 12.8 Å². The summed E-state index contributed by atoms with van der Waals surface area (Å²) in [7, 11) is 6.02. The standard InChI is InChI=1S/C16H22BrN5O/c1-21(2)12-6-4-11(5-7-12)19-16-18-9-10-8-13(17)15(23)22(3)14(10)20-16/h8-9,11-12H,4-7H2,1-3H3,(H,18,19,20). The van der Waals surface area contributed by atoms with Gasteiger partial charge in [0, 0.05) is 30.7 Å². The Labute approximate surface area is 144 Å². The molecule has 0 saturated heterocycles. The van der Waals surface area contributed by atoms with Gasteiger partial charge in [0.15, 0.2) is 0 Å². The number of nitrogens with zero attached hydrogens (tertiary/aromatic N) is 4. The molecule has 6 nitrogen and oxygen atoms in total. The number of hydrogen-bond donors (Lipinski definition) is 1. The quantitative estimate of drug-likeness (QED) is 0.886. The lowest BCUT2D eigenvalue weighted by Gasteiger charge is -2.32. The molecular formula is C16H22BrN5O. The van der Waals surface area contributed by atoms with Crippen molar-refractivity contribution in [3.8, 4) is 0 Å². The summed E-state index contributed by atoms with van der Waals surface area (Å²) in [4.78, 5) is 23.2. The van der Waals surface area contributed by atoms with E-state index in [1.807, 2.05) is 0 Å². The smallest absolute Gasteiger partial charge is 0.266 e. The van der Waals surface area contributed by atoms with Gasteiger partial charge in [-0.2, -0.15) is 4.98 Å². The molecule has 3 rings (SSSR count). The molecule has 1 saturated carbocycles. The Morgan fingerprint density at radius 3 is 2.65 bits per heavy atom. The summed E-state index contributed by atoms with van der Waals surface area (Å²) in [6.07, 6.45) is 6.36. The zero-order valence-electron chi connectivity index (χ0n) is 13.7. The van der Waals surface area contributed by atoms with Crippen molar-refractivity contribution in [1.82, 2.24) is 19.4 Å². The van der Waals surface area contributed by atoms with Crippen LogP contribution in [0.25, 0.3) is 11.0 Å². The van der Waals surface area contributed by atoms with Crippen LogP contribution in [0, 0.1) is 0 Å². The summed E-state index contributed by atoms with van der Waals surface area (Å²) in [6.45, 7) is 0. The van der Waals surface area contributed by atoms with Crippen molar-refractivity contribution >= 4 is 32.9 Å². The van der Waals surface area contributed by atoms with Gasteiger partial charge in [-0.1, -0.05) is 0 Å². The first-order chi connectivity index (χ1) is 11.0. The van der Waals surface area contributed by atoms with E-state index >= 15 is 0 Å². The summed E-state index contributed by atoms with van der Waals surface area (Å²) in [5.74, 6) is 0.600. The van der Waals surface area contributed by atoms with Gasteiger partial charge in [-0.25, -0.2) is 4.98 Å². The molecule has 1 N–H and O–H groups in total. The molecule has 0 unspecified atom stereocenters. The maximum atomic E-state index is 12.0. The Morgan fingerprint density at radius 1 is 1.30 bits per heavy atom. The summed E-state index contributed by atoms with van der Waals surface area (Å²) < 4.78 is 2.08. The van der Waals surface area contributed by atoms with Crippen LogP contribution in [0.4, 0.5) is 5.95 Å². The fourth-order valence-corrected chi connectivity index (χ4v) is 3.71. The van der Waals surface area contributed by atoms with E-state index in [2.05, 4.69) is 50.2 Å². The molecule has 2 aromatic heterocycles. The van der Waals surface area contributed by atoms with E-state index in [1.54, 1.807) is 23.9 Å². The second-order valence-corrected chi connectivity index (χ2v) is 7.30. The summed E-state index contributed by atoms with van der Waals surface area (Å²) in [6, 6.07) is 2.84. The summed E-state index contributed by atoms with van der Waals surface area (Å²) in [5, 5.41) is 4.27. The van der Waals surface area contributed by atoms with Crippen LogP contribution in [0.5, 0.6) is 0 Å². The molecule has 0 atom stereocenters. The molecule has 0 radical (unpaired) electrons. The molecule has 1 aliphatic rings. The van der Waals surface area contributed by atoms with Gasteiger partial charge in [0.2, 0.25) is 5.95 Å². The molecule has 0 aromatic carbocycles. The van der Waals surface area contributed by atoms with Gasteiger partial charge in [0.1, 0.15) is 5.65 Å². The van der Waals surface area contributed by atoms with Crippen molar-refractivity contribution in [3.05, 3.63) is 27.1 Å². The van der Waals surface area contributed by atoms with Gasteiger partial charge in [-0.15, -0.1) is 0 Å². The molecule has 2 aromatic rings. The van der Waals surface area contributed by atoms with E-state index in [0.29, 0.717) is 28.2 Å². The molecule has 1 fully saturated rings. The van der Waals surface area contributed by atoms with Crippen LogP contribution in [0.2, 0.25) is 0 Å². The van der Waals surface area contributed by atoms with Crippen LogP contribution in [-0.2, 0) is 7.05 Å². The minimum absolute atomic E-state index is 0.0892. The molecule has 0 aliphatic heterocycles. The predicted molar refractivity (Wildman–Crippen MR) is 95.8 cm³/mol. The van der Waals surface area contributed by atoms with Gasteiger partial charge in [0.25, 0.3) is 5.56 Å². The molecule has 124 valence electrons. The Hall–Kier alpha value is -1.47. The van der Waals surface area contributed by atoms with Crippen molar-refractivity contribution < 1.29 is 0 Å². The van der Waals surface area contributed by atoms with Crippen molar-refractivity contribution in [2.75, 3.05) is 19.4 Å². The first kappa shape index (κ1) is 16.4. The lowest BCUT2D eigenvalue weighted by Crippen LogP contribution is -2.36. The number of halogens is 1. The van der Waals surface area contributed by atoms with Crippen LogP contribution in [0.15, 0.2) is 21.5 Å². The summed E-state index contributed by atoms with van der Waals surface area (Å²) in [5.41, 5.74) is 0.561. The lowest BCUT2D eigenvalue weighted by atomic mass is 9.91. The topological polar surface area (TPSA) is 63.1 Å². The second kappa shape index (κ2) is 6.57. The number of fused-ring (bicyclic) bond motifs is 1. The van der Waals surface area contributed by atoms with Crippen molar-refractivity contribution in [2.45, 2.75) is 37.8 Å². The highest BCUT2D eigenvalue weighted by Crippen LogP contribution is 2.24. The second-order valence-electron chi connectivity index (χ2n) is 6.44. The van der Waals surface area contributed by atoms with E-state index in [0.717, 1.165) is 18.2 Å². The molecular weight excluding hydrogens is 358 g/mol. The van der Waals surface area contributed by atoms with Gasteiger partial charge >= 0.3 is 0 Å². The number of aromatic nitrogens is 3. The van der Waals surface area contributed by atoms with Gasteiger partial charge in [0.05, 0.1) is 4.47 Å². The predicted octanol–water partition coefficient (Wildman–Crippen LogP) is 2.38. The minimum Gasteiger partial charge on any atom is -0.351 e. The van der Waals surface area contributed by atoms with Crippen LogP contribution in [0.1, 0.15) is 25.7 Å². The van der Waals surface area contributed by atoms with Gasteiger partial charge in [-0.3, -0.25) is 9.36 Å². The maximum Gasteiger partial charge on any atom is 0.266 e. The average Bonchev–Trinajstić information content (AvgIpc) is 2.54. The van der Waals surface area contributed by atoms with E-state index in [-0.39, 0.29) is 5.56 Å². The third-order valence-electron chi connectivity index (χ3n) is 4.67. The highest BCUT2D eigenvalue weighted by molar-refractivity contribution is 9.10. The molecule has 2 heterocycles. The monoisotopic (exact) mass is 379 g/mol.